The van der Waals surface area contributed by atoms with Gasteiger partial charge >= 0.3 is 0 Å². The molecule has 2 amide bonds. The summed E-state index contributed by atoms with van der Waals surface area (Å²) in [5, 5.41) is 0. The summed E-state index contributed by atoms with van der Waals surface area (Å²) in [5.41, 5.74) is 6.02. The Morgan fingerprint density at radius 2 is 1.86 bits per heavy atom. The highest BCUT2D eigenvalue weighted by Crippen LogP contribution is 2.30. The molecule has 190 valence electrons. The lowest BCUT2D eigenvalue weighted by Gasteiger charge is -2.38. The largest absolute Gasteiger partial charge is 0.470 e. The Morgan fingerprint density at radius 1 is 1.11 bits per heavy atom. The lowest BCUT2D eigenvalue weighted by Crippen LogP contribution is -2.56. The second-order valence-electron chi connectivity index (χ2n) is 8.56. The van der Waals surface area contributed by atoms with Crippen LogP contribution in [0.2, 0.25) is 0 Å². The maximum Gasteiger partial charge on any atom is 0.296 e. The Labute approximate surface area is 204 Å². The van der Waals surface area contributed by atoms with Gasteiger partial charge in [-0.1, -0.05) is 12.1 Å². The predicted octanol–water partition coefficient (Wildman–Crippen LogP) is 1.44. The molecule has 2 aromatic heterocycles. The van der Waals surface area contributed by atoms with E-state index in [0.29, 0.717) is 56.4 Å². The van der Waals surface area contributed by atoms with Crippen molar-refractivity contribution in [1.29, 1.82) is 0 Å². The number of anilines is 1. The number of rotatable bonds is 8. The minimum absolute atomic E-state index is 0.00955. The minimum Gasteiger partial charge on any atom is -0.470 e. The van der Waals surface area contributed by atoms with Gasteiger partial charge in [0.2, 0.25) is 23.6 Å². The van der Waals surface area contributed by atoms with Gasteiger partial charge in [0, 0.05) is 32.0 Å². The molecule has 4 heterocycles. The van der Waals surface area contributed by atoms with Crippen LogP contribution in [0.25, 0.3) is 16.9 Å². The van der Waals surface area contributed by atoms with Crippen LogP contribution in [0.15, 0.2) is 30.3 Å². The smallest absolute Gasteiger partial charge is 0.296 e. The number of nitrogens with zero attached hydrogens (tertiary/aromatic N) is 6. The van der Waals surface area contributed by atoms with Crippen molar-refractivity contribution in [2.45, 2.75) is 25.4 Å². The molecule has 36 heavy (non-hydrogen) atoms. The Hall–Kier alpha value is -3.87. The molecule has 0 spiro atoms. The molecule has 2 aliphatic rings. The number of aromatic nitrogens is 4. The first-order chi connectivity index (χ1) is 17.4. The lowest BCUT2D eigenvalue weighted by atomic mass is 10.1. The quantitative estimate of drug-likeness (QED) is 0.491. The molecule has 2 fully saturated rings. The highest BCUT2D eigenvalue weighted by molar-refractivity contribution is 5.83. The standard InChI is InChI=1S/C23H25F2N7O4/c24-21(25)22-27-15-3-1-2-4-16(15)32(22)18-11-19(29-23(28-18)30-7-9-35-10-8-30)36-14-12-31(13-14)20(34)6-5-17(26)33/h1-4,11,14,21H,5-10,12-13H2,(H2,26,33). The summed E-state index contributed by atoms with van der Waals surface area (Å²) in [6, 6.07) is 8.34. The molecule has 0 radical (unpaired) electrons. The first kappa shape index (κ1) is 23.9. The van der Waals surface area contributed by atoms with Gasteiger partial charge in [-0.15, -0.1) is 0 Å². The van der Waals surface area contributed by atoms with Gasteiger partial charge in [-0.25, -0.2) is 13.8 Å². The second-order valence-corrected chi connectivity index (χ2v) is 8.56. The number of benzene rings is 1. The van der Waals surface area contributed by atoms with E-state index in [2.05, 4.69) is 15.0 Å². The van der Waals surface area contributed by atoms with E-state index < -0.39 is 18.2 Å². The van der Waals surface area contributed by atoms with Gasteiger partial charge < -0.3 is 25.0 Å². The Kier molecular flexibility index (Phi) is 6.63. The Balaban J connectivity index is 1.44. The van der Waals surface area contributed by atoms with Crippen molar-refractivity contribution in [3.8, 4) is 11.7 Å². The van der Waals surface area contributed by atoms with E-state index in [9.17, 15) is 18.4 Å². The van der Waals surface area contributed by atoms with Crippen LogP contribution in [0.5, 0.6) is 5.88 Å². The zero-order valence-electron chi connectivity index (χ0n) is 19.3. The van der Waals surface area contributed by atoms with Gasteiger partial charge in [-0.3, -0.25) is 14.2 Å². The highest BCUT2D eigenvalue weighted by atomic mass is 19.3. The van der Waals surface area contributed by atoms with Gasteiger partial charge in [0.25, 0.3) is 6.43 Å². The summed E-state index contributed by atoms with van der Waals surface area (Å²) >= 11 is 0. The van der Waals surface area contributed by atoms with Crippen LogP contribution in [0.3, 0.4) is 0 Å². The van der Waals surface area contributed by atoms with Crippen LogP contribution in [-0.2, 0) is 14.3 Å². The third kappa shape index (κ3) is 4.91. The molecule has 0 saturated carbocycles. The summed E-state index contributed by atoms with van der Waals surface area (Å²) in [5.74, 6) is -0.400. The van der Waals surface area contributed by atoms with Crippen molar-refractivity contribution >= 4 is 28.8 Å². The van der Waals surface area contributed by atoms with E-state index in [4.69, 9.17) is 15.2 Å². The molecule has 3 aromatic rings. The minimum atomic E-state index is -2.82. The van der Waals surface area contributed by atoms with Crippen LogP contribution in [-0.4, -0.2) is 81.7 Å². The number of carbonyl (C=O) groups is 2. The molecule has 2 N–H and O–H groups in total. The van der Waals surface area contributed by atoms with Crippen molar-refractivity contribution in [2.75, 3.05) is 44.3 Å². The maximum atomic E-state index is 14.0. The summed E-state index contributed by atoms with van der Waals surface area (Å²) in [4.78, 5) is 39.8. The third-order valence-electron chi connectivity index (χ3n) is 6.06. The number of primary amides is 1. The number of para-hydroxylation sites is 2. The van der Waals surface area contributed by atoms with E-state index in [1.165, 1.54) is 10.6 Å². The van der Waals surface area contributed by atoms with E-state index in [1.54, 1.807) is 29.2 Å². The molecule has 5 rings (SSSR count). The van der Waals surface area contributed by atoms with Crippen molar-refractivity contribution < 1.29 is 27.8 Å². The average molecular weight is 501 g/mol. The molecular weight excluding hydrogens is 476 g/mol. The van der Waals surface area contributed by atoms with Gasteiger partial charge in [-0.05, 0) is 12.1 Å². The van der Waals surface area contributed by atoms with Crippen LogP contribution >= 0.6 is 0 Å². The molecule has 13 heteroatoms. The molecular formula is C23H25F2N7O4. The molecule has 0 atom stereocenters. The fourth-order valence-electron chi connectivity index (χ4n) is 4.19. The number of amides is 2. The summed E-state index contributed by atoms with van der Waals surface area (Å²) in [6.07, 6.45) is -3.12. The average Bonchev–Trinajstić information content (AvgIpc) is 3.25. The topological polar surface area (TPSA) is 129 Å². The number of fused-ring (bicyclic) bond motifs is 1. The third-order valence-corrected chi connectivity index (χ3v) is 6.06. The molecule has 2 aliphatic heterocycles. The monoisotopic (exact) mass is 501 g/mol. The molecule has 1 aromatic carbocycles. The van der Waals surface area contributed by atoms with Crippen LogP contribution < -0.4 is 15.4 Å². The first-order valence-electron chi connectivity index (χ1n) is 11.6. The molecule has 0 bridgehead atoms. The second kappa shape index (κ2) is 10.0. The number of ether oxygens (including phenoxy) is 2. The number of imidazole rings is 1. The Bertz CT molecular complexity index is 1270. The zero-order valence-corrected chi connectivity index (χ0v) is 19.3. The molecule has 0 aliphatic carbocycles. The number of alkyl halides is 2. The van der Waals surface area contributed by atoms with E-state index in [0.717, 1.165) is 0 Å². The number of likely N-dealkylation sites (tertiary alicyclic amines) is 1. The van der Waals surface area contributed by atoms with Crippen molar-refractivity contribution in [2.24, 2.45) is 5.73 Å². The van der Waals surface area contributed by atoms with Gasteiger partial charge in [0.1, 0.15) is 11.9 Å². The van der Waals surface area contributed by atoms with Gasteiger partial charge in [0.15, 0.2) is 5.82 Å². The number of hydrogen-bond donors (Lipinski definition) is 1. The molecule has 11 nitrogen and oxygen atoms in total. The van der Waals surface area contributed by atoms with Crippen molar-refractivity contribution in [3.05, 3.63) is 36.2 Å². The number of nitrogens with two attached hydrogens (primary N) is 1. The lowest BCUT2D eigenvalue weighted by molar-refractivity contribution is -0.141. The molecule has 2 saturated heterocycles. The van der Waals surface area contributed by atoms with Crippen LogP contribution in [0, 0.1) is 0 Å². The summed E-state index contributed by atoms with van der Waals surface area (Å²) in [7, 11) is 0. The van der Waals surface area contributed by atoms with E-state index >= 15 is 0 Å². The number of halogens is 2. The van der Waals surface area contributed by atoms with Crippen molar-refractivity contribution in [1.82, 2.24) is 24.4 Å². The van der Waals surface area contributed by atoms with Crippen molar-refractivity contribution in [3.63, 3.8) is 0 Å². The fraction of sp³-hybridized carbons (Fsp3) is 0.435. The highest BCUT2D eigenvalue weighted by Gasteiger charge is 2.33. The first-order valence-corrected chi connectivity index (χ1v) is 11.6. The SMILES string of the molecule is NC(=O)CCC(=O)N1CC(Oc2cc(-n3c(C(F)F)nc4ccccc43)nc(N3CCOCC3)n2)C1. The molecule has 0 unspecified atom stereocenters. The maximum absolute atomic E-state index is 14.0. The summed E-state index contributed by atoms with van der Waals surface area (Å²) < 4.78 is 40.7. The number of carbonyl (C=O) groups excluding carboxylic acids is 2. The Morgan fingerprint density at radius 3 is 2.58 bits per heavy atom. The predicted molar refractivity (Wildman–Crippen MR) is 124 cm³/mol. The van der Waals surface area contributed by atoms with E-state index in [-0.39, 0.29) is 36.6 Å². The fourth-order valence-corrected chi connectivity index (χ4v) is 4.19. The zero-order chi connectivity index (χ0) is 25.2. The van der Waals surface area contributed by atoms with Crippen LogP contribution in [0.1, 0.15) is 25.1 Å². The van der Waals surface area contributed by atoms with Gasteiger partial charge in [-0.2, -0.15) is 9.97 Å². The summed E-state index contributed by atoms with van der Waals surface area (Å²) in [6.45, 7) is 2.71. The van der Waals surface area contributed by atoms with Crippen LogP contribution in [0.4, 0.5) is 14.7 Å². The number of morpholine rings is 1. The number of hydrogen-bond acceptors (Lipinski definition) is 8. The van der Waals surface area contributed by atoms with Gasteiger partial charge in [0.05, 0.1) is 37.3 Å². The van der Waals surface area contributed by atoms with E-state index in [1.807, 2.05) is 4.90 Å². The normalized spacial score (nSPS) is 16.4.